The highest BCUT2D eigenvalue weighted by atomic mass is 16.5. The molecule has 1 saturated heterocycles. The van der Waals surface area contributed by atoms with Crippen LogP contribution in [0.1, 0.15) is 11.1 Å². The Kier molecular flexibility index (Phi) is 5.61. The zero-order valence-corrected chi connectivity index (χ0v) is 15.4. The molecule has 2 aromatic rings. The molecule has 0 aliphatic carbocycles. The maximum absolute atomic E-state index is 12.4. The van der Waals surface area contributed by atoms with Gasteiger partial charge in [-0.1, -0.05) is 12.1 Å². The minimum absolute atomic E-state index is 0.0292. The molecule has 0 radical (unpaired) electrons. The van der Waals surface area contributed by atoms with Crippen molar-refractivity contribution in [3.63, 3.8) is 0 Å². The minimum atomic E-state index is -0.0401. The van der Waals surface area contributed by atoms with Crippen molar-refractivity contribution in [2.75, 3.05) is 32.8 Å². The zero-order chi connectivity index (χ0) is 18.5. The number of piperazine rings is 1. The van der Waals surface area contributed by atoms with Gasteiger partial charge in [-0.05, 0) is 36.2 Å². The molecular formula is C20H25N3O3. The van der Waals surface area contributed by atoms with Gasteiger partial charge in [0.2, 0.25) is 5.91 Å². The van der Waals surface area contributed by atoms with Crippen LogP contribution in [-0.2, 0) is 23.1 Å². The zero-order valence-electron chi connectivity index (χ0n) is 15.4. The molecular weight excluding hydrogens is 330 g/mol. The Labute approximate surface area is 154 Å². The first-order chi connectivity index (χ1) is 12.5. The van der Waals surface area contributed by atoms with Gasteiger partial charge in [0.25, 0.3) is 5.91 Å². The lowest BCUT2D eigenvalue weighted by molar-refractivity contribution is -0.140. The lowest BCUT2D eigenvalue weighted by Gasteiger charge is -2.34. The highest BCUT2D eigenvalue weighted by Gasteiger charge is 2.24. The highest BCUT2D eigenvalue weighted by molar-refractivity contribution is 5.80. The number of hydrogen-bond donors (Lipinski definition) is 0. The van der Waals surface area contributed by atoms with Gasteiger partial charge in [-0.2, -0.15) is 0 Å². The molecule has 0 bridgehead atoms. The van der Waals surface area contributed by atoms with E-state index < -0.39 is 0 Å². The molecule has 0 spiro atoms. The van der Waals surface area contributed by atoms with Crippen LogP contribution >= 0.6 is 0 Å². The van der Waals surface area contributed by atoms with Crippen LogP contribution in [0.3, 0.4) is 0 Å². The smallest absolute Gasteiger partial charge is 0.260 e. The van der Waals surface area contributed by atoms with Gasteiger partial charge >= 0.3 is 0 Å². The van der Waals surface area contributed by atoms with E-state index in [1.807, 2.05) is 66.2 Å². The van der Waals surface area contributed by atoms with Crippen LogP contribution in [0.2, 0.25) is 0 Å². The van der Waals surface area contributed by atoms with E-state index in [2.05, 4.69) is 0 Å². The van der Waals surface area contributed by atoms with Crippen LogP contribution in [0.25, 0.3) is 0 Å². The SMILES string of the molecule is Cc1cccc(OCC(=O)N2CCN(C(=O)Cc3ccn(C)c3)CC2)c1. The second kappa shape index (κ2) is 8.08. The molecule has 6 heteroatoms. The second-order valence-electron chi connectivity index (χ2n) is 6.73. The van der Waals surface area contributed by atoms with Gasteiger partial charge in [0, 0.05) is 45.6 Å². The molecule has 0 unspecified atom stereocenters. The molecule has 138 valence electrons. The summed E-state index contributed by atoms with van der Waals surface area (Å²) in [6.07, 6.45) is 4.30. The Balaban J connectivity index is 1.44. The fraction of sp³-hybridized carbons (Fsp3) is 0.400. The first-order valence-electron chi connectivity index (χ1n) is 8.87. The van der Waals surface area contributed by atoms with Crippen LogP contribution in [-0.4, -0.2) is 59.0 Å². The Hall–Kier alpha value is -2.76. The molecule has 1 aliphatic heterocycles. The molecule has 26 heavy (non-hydrogen) atoms. The maximum atomic E-state index is 12.4. The van der Waals surface area contributed by atoms with Gasteiger partial charge in [0.1, 0.15) is 5.75 Å². The molecule has 0 atom stereocenters. The van der Waals surface area contributed by atoms with Crippen LogP contribution in [0.15, 0.2) is 42.7 Å². The predicted octanol–water partition coefficient (Wildman–Crippen LogP) is 1.63. The van der Waals surface area contributed by atoms with Crippen molar-refractivity contribution >= 4 is 11.8 Å². The number of benzene rings is 1. The van der Waals surface area contributed by atoms with Gasteiger partial charge in [-0.15, -0.1) is 0 Å². The van der Waals surface area contributed by atoms with E-state index in [9.17, 15) is 9.59 Å². The molecule has 1 aromatic heterocycles. The van der Waals surface area contributed by atoms with Crippen molar-refractivity contribution < 1.29 is 14.3 Å². The third-order valence-electron chi connectivity index (χ3n) is 4.59. The van der Waals surface area contributed by atoms with Crippen molar-refractivity contribution in [1.29, 1.82) is 0 Å². The lowest BCUT2D eigenvalue weighted by atomic mass is 10.2. The number of carbonyl (C=O) groups excluding carboxylic acids is 2. The van der Waals surface area contributed by atoms with E-state index in [-0.39, 0.29) is 18.4 Å². The fourth-order valence-corrected chi connectivity index (χ4v) is 3.10. The number of aromatic nitrogens is 1. The molecule has 3 rings (SSSR count). The van der Waals surface area contributed by atoms with E-state index >= 15 is 0 Å². The van der Waals surface area contributed by atoms with Crippen LogP contribution in [0.4, 0.5) is 0 Å². The molecule has 6 nitrogen and oxygen atoms in total. The first kappa shape index (κ1) is 18.0. The van der Waals surface area contributed by atoms with Crippen molar-refractivity contribution in [2.24, 2.45) is 7.05 Å². The van der Waals surface area contributed by atoms with Gasteiger partial charge in [0.15, 0.2) is 6.61 Å². The molecule has 1 fully saturated rings. The molecule has 2 amide bonds. The summed E-state index contributed by atoms with van der Waals surface area (Å²) in [6, 6.07) is 9.61. The number of carbonyl (C=O) groups is 2. The van der Waals surface area contributed by atoms with Crippen LogP contribution < -0.4 is 4.74 Å². The average Bonchev–Trinajstić information content (AvgIpc) is 3.04. The number of nitrogens with zero attached hydrogens (tertiary/aromatic N) is 3. The average molecular weight is 355 g/mol. The molecule has 2 heterocycles. The quantitative estimate of drug-likeness (QED) is 0.819. The number of ether oxygens (including phenoxy) is 1. The van der Waals surface area contributed by atoms with Crippen LogP contribution in [0.5, 0.6) is 5.75 Å². The number of hydrogen-bond acceptors (Lipinski definition) is 3. The summed E-state index contributed by atoms with van der Waals surface area (Å²) in [5.41, 5.74) is 2.11. The fourth-order valence-electron chi connectivity index (χ4n) is 3.10. The Morgan fingerprint density at radius 1 is 1.04 bits per heavy atom. The van der Waals surface area contributed by atoms with Gasteiger partial charge in [-0.25, -0.2) is 0 Å². The number of rotatable bonds is 5. The summed E-state index contributed by atoms with van der Waals surface area (Å²) in [5.74, 6) is 0.774. The van der Waals surface area contributed by atoms with Gasteiger partial charge in [-0.3, -0.25) is 9.59 Å². The predicted molar refractivity (Wildman–Crippen MR) is 99.0 cm³/mol. The Morgan fingerprint density at radius 3 is 2.35 bits per heavy atom. The largest absolute Gasteiger partial charge is 0.484 e. The summed E-state index contributed by atoms with van der Waals surface area (Å²) in [7, 11) is 1.94. The van der Waals surface area contributed by atoms with E-state index in [0.717, 1.165) is 11.1 Å². The molecule has 1 aliphatic rings. The normalized spacial score (nSPS) is 14.4. The van der Waals surface area contributed by atoms with E-state index in [0.29, 0.717) is 38.3 Å². The van der Waals surface area contributed by atoms with E-state index in [1.54, 1.807) is 4.90 Å². The number of aryl methyl sites for hydroxylation is 2. The third-order valence-corrected chi connectivity index (χ3v) is 4.59. The van der Waals surface area contributed by atoms with Crippen LogP contribution in [0, 0.1) is 6.92 Å². The van der Waals surface area contributed by atoms with Gasteiger partial charge < -0.3 is 19.1 Å². The van der Waals surface area contributed by atoms with Crippen molar-refractivity contribution in [1.82, 2.24) is 14.4 Å². The first-order valence-corrected chi connectivity index (χ1v) is 8.87. The summed E-state index contributed by atoms with van der Waals surface area (Å²) in [5, 5.41) is 0. The van der Waals surface area contributed by atoms with Crippen molar-refractivity contribution in [3.05, 3.63) is 53.9 Å². The van der Waals surface area contributed by atoms with Crippen molar-refractivity contribution in [2.45, 2.75) is 13.3 Å². The topological polar surface area (TPSA) is 54.8 Å². The summed E-state index contributed by atoms with van der Waals surface area (Å²) in [6.45, 7) is 4.26. The van der Waals surface area contributed by atoms with Crippen molar-refractivity contribution in [3.8, 4) is 5.75 Å². The standard InChI is InChI=1S/C20H25N3O3/c1-16-4-3-5-18(12-16)26-15-20(25)23-10-8-22(9-11-23)19(24)13-17-6-7-21(2)14-17/h3-7,12,14H,8-11,13,15H2,1-2H3. The lowest BCUT2D eigenvalue weighted by Crippen LogP contribution is -2.52. The molecule has 1 aromatic carbocycles. The van der Waals surface area contributed by atoms with Gasteiger partial charge in [0.05, 0.1) is 6.42 Å². The molecule has 0 N–H and O–H groups in total. The monoisotopic (exact) mass is 355 g/mol. The Bertz CT molecular complexity index is 776. The molecule has 0 saturated carbocycles. The highest BCUT2D eigenvalue weighted by Crippen LogP contribution is 2.13. The number of amides is 2. The maximum Gasteiger partial charge on any atom is 0.260 e. The third kappa shape index (κ3) is 4.65. The summed E-state index contributed by atoms with van der Waals surface area (Å²) in [4.78, 5) is 28.3. The summed E-state index contributed by atoms with van der Waals surface area (Å²) >= 11 is 0. The van der Waals surface area contributed by atoms with E-state index in [1.165, 1.54) is 0 Å². The summed E-state index contributed by atoms with van der Waals surface area (Å²) < 4.78 is 7.52. The van der Waals surface area contributed by atoms with E-state index in [4.69, 9.17) is 4.74 Å². The second-order valence-corrected chi connectivity index (χ2v) is 6.73. The Morgan fingerprint density at radius 2 is 1.73 bits per heavy atom. The minimum Gasteiger partial charge on any atom is -0.484 e.